The Morgan fingerprint density at radius 2 is 2.35 bits per heavy atom. The monoisotopic (exact) mass is 232 g/mol. The quantitative estimate of drug-likeness (QED) is 0.693. The molecule has 0 aliphatic carbocycles. The highest BCUT2D eigenvalue weighted by Crippen LogP contribution is 2.23. The van der Waals surface area contributed by atoms with Gasteiger partial charge in [-0.2, -0.15) is 4.98 Å². The van der Waals surface area contributed by atoms with Gasteiger partial charge >= 0.3 is 0 Å². The lowest BCUT2D eigenvalue weighted by molar-refractivity contribution is -0.120. The number of hydrogen-bond donors (Lipinski definition) is 2. The predicted octanol–water partition coefficient (Wildman–Crippen LogP) is 0.346. The number of hydrogen-bond acceptors (Lipinski definition) is 5. The van der Waals surface area contributed by atoms with Crippen molar-refractivity contribution in [3.63, 3.8) is 0 Å². The maximum Gasteiger partial charge on any atom is 0.298 e. The van der Waals surface area contributed by atoms with Crippen molar-refractivity contribution in [3.05, 3.63) is 18.2 Å². The standard InChI is InChI=1S/C11H12N4O2/c12-7-1-2-9-8(5-7)14-11(17-9)15-4-3-13-10(16)6-15/h1-2,5H,3-4,6,12H2,(H,13,16). The molecule has 2 aromatic rings. The first-order chi connectivity index (χ1) is 8.22. The average molecular weight is 232 g/mol. The summed E-state index contributed by atoms with van der Waals surface area (Å²) in [6.07, 6.45) is 0. The second kappa shape index (κ2) is 3.65. The molecule has 1 saturated heterocycles. The normalized spacial score (nSPS) is 16.2. The van der Waals surface area contributed by atoms with Crippen molar-refractivity contribution in [3.8, 4) is 0 Å². The molecule has 0 saturated carbocycles. The summed E-state index contributed by atoms with van der Waals surface area (Å²) in [6.45, 7) is 1.59. The summed E-state index contributed by atoms with van der Waals surface area (Å²) in [5.41, 5.74) is 7.72. The van der Waals surface area contributed by atoms with Gasteiger partial charge in [0.15, 0.2) is 5.58 Å². The Hall–Kier alpha value is -2.24. The maximum absolute atomic E-state index is 11.3. The zero-order valence-corrected chi connectivity index (χ0v) is 9.14. The molecule has 0 unspecified atom stereocenters. The van der Waals surface area contributed by atoms with E-state index in [1.54, 1.807) is 18.2 Å². The van der Waals surface area contributed by atoms with E-state index < -0.39 is 0 Å². The van der Waals surface area contributed by atoms with E-state index >= 15 is 0 Å². The number of oxazole rings is 1. The Bertz CT molecular complexity index is 578. The van der Waals surface area contributed by atoms with Crippen LogP contribution in [-0.4, -0.2) is 30.5 Å². The summed E-state index contributed by atoms with van der Waals surface area (Å²) in [6, 6.07) is 5.78. The molecule has 1 aliphatic rings. The molecular formula is C11H12N4O2. The minimum atomic E-state index is -0.0157. The van der Waals surface area contributed by atoms with Crippen molar-refractivity contribution in [1.82, 2.24) is 10.3 Å². The third-order valence-corrected chi connectivity index (χ3v) is 2.71. The van der Waals surface area contributed by atoms with Crippen LogP contribution in [0.3, 0.4) is 0 Å². The van der Waals surface area contributed by atoms with Crippen LogP contribution >= 0.6 is 0 Å². The minimum absolute atomic E-state index is 0.0157. The number of rotatable bonds is 1. The van der Waals surface area contributed by atoms with Crippen molar-refractivity contribution in [2.45, 2.75) is 0 Å². The van der Waals surface area contributed by atoms with Crippen LogP contribution in [0.15, 0.2) is 22.6 Å². The van der Waals surface area contributed by atoms with Crippen LogP contribution in [-0.2, 0) is 4.79 Å². The van der Waals surface area contributed by atoms with E-state index in [2.05, 4.69) is 10.3 Å². The number of nitrogen functional groups attached to an aromatic ring is 1. The van der Waals surface area contributed by atoms with Crippen molar-refractivity contribution in [1.29, 1.82) is 0 Å². The molecule has 2 heterocycles. The summed E-state index contributed by atoms with van der Waals surface area (Å²) < 4.78 is 5.59. The van der Waals surface area contributed by atoms with Crippen LogP contribution in [0.4, 0.5) is 11.7 Å². The van der Waals surface area contributed by atoms with Crippen LogP contribution in [0.25, 0.3) is 11.1 Å². The Kier molecular flexibility index (Phi) is 2.14. The number of amides is 1. The van der Waals surface area contributed by atoms with E-state index in [0.717, 1.165) is 0 Å². The van der Waals surface area contributed by atoms with Gasteiger partial charge in [-0.1, -0.05) is 0 Å². The van der Waals surface area contributed by atoms with E-state index in [9.17, 15) is 4.79 Å². The zero-order chi connectivity index (χ0) is 11.8. The van der Waals surface area contributed by atoms with Gasteiger partial charge in [-0.15, -0.1) is 0 Å². The number of fused-ring (bicyclic) bond motifs is 1. The van der Waals surface area contributed by atoms with Crippen molar-refractivity contribution in [2.24, 2.45) is 0 Å². The van der Waals surface area contributed by atoms with Gasteiger partial charge < -0.3 is 20.4 Å². The number of nitrogens with two attached hydrogens (primary N) is 1. The smallest absolute Gasteiger partial charge is 0.298 e. The summed E-state index contributed by atoms with van der Waals surface area (Å²) in [7, 11) is 0. The number of carbonyl (C=O) groups excluding carboxylic acids is 1. The lowest BCUT2D eigenvalue weighted by Gasteiger charge is -2.24. The minimum Gasteiger partial charge on any atom is -0.423 e. The molecule has 1 aromatic carbocycles. The lowest BCUT2D eigenvalue weighted by Crippen LogP contribution is -2.47. The van der Waals surface area contributed by atoms with Crippen molar-refractivity contribution in [2.75, 3.05) is 30.3 Å². The molecule has 0 atom stereocenters. The molecule has 6 nitrogen and oxygen atoms in total. The summed E-state index contributed by atoms with van der Waals surface area (Å²) in [5, 5.41) is 2.75. The van der Waals surface area contributed by atoms with Crippen LogP contribution < -0.4 is 16.0 Å². The number of aromatic nitrogens is 1. The summed E-state index contributed by atoms with van der Waals surface area (Å²) in [5.74, 6) is -0.0157. The molecule has 0 radical (unpaired) electrons. The van der Waals surface area contributed by atoms with Crippen LogP contribution in [0.1, 0.15) is 0 Å². The van der Waals surface area contributed by atoms with Crippen LogP contribution in [0.5, 0.6) is 0 Å². The second-order valence-electron chi connectivity index (χ2n) is 4.00. The molecular weight excluding hydrogens is 220 g/mol. The number of benzene rings is 1. The predicted molar refractivity (Wildman–Crippen MR) is 63.6 cm³/mol. The molecule has 17 heavy (non-hydrogen) atoms. The second-order valence-corrected chi connectivity index (χ2v) is 4.00. The molecule has 3 N–H and O–H groups in total. The third kappa shape index (κ3) is 1.77. The van der Waals surface area contributed by atoms with Gasteiger partial charge in [0.25, 0.3) is 6.01 Å². The van der Waals surface area contributed by atoms with Gasteiger partial charge in [-0.05, 0) is 18.2 Å². The van der Waals surface area contributed by atoms with Gasteiger partial charge in [-0.3, -0.25) is 4.79 Å². The van der Waals surface area contributed by atoms with Crippen molar-refractivity contribution >= 4 is 28.7 Å². The Morgan fingerprint density at radius 1 is 1.47 bits per heavy atom. The third-order valence-electron chi connectivity index (χ3n) is 2.71. The maximum atomic E-state index is 11.3. The SMILES string of the molecule is Nc1ccc2oc(N3CCNC(=O)C3)nc2c1. The molecule has 88 valence electrons. The van der Waals surface area contributed by atoms with Crippen LogP contribution in [0.2, 0.25) is 0 Å². The summed E-state index contributed by atoms with van der Waals surface area (Å²) in [4.78, 5) is 17.4. The number of piperazine rings is 1. The Labute approximate surface area is 97.4 Å². The molecule has 0 bridgehead atoms. The molecule has 3 rings (SSSR count). The first-order valence-electron chi connectivity index (χ1n) is 5.40. The highest BCUT2D eigenvalue weighted by molar-refractivity contribution is 5.83. The molecule has 1 amide bonds. The van der Waals surface area contributed by atoms with E-state index in [-0.39, 0.29) is 12.5 Å². The highest BCUT2D eigenvalue weighted by Gasteiger charge is 2.20. The molecule has 1 fully saturated rings. The Morgan fingerprint density at radius 3 is 3.18 bits per heavy atom. The summed E-state index contributed by atoms with van der Waals surface area (Å²) >= 11 is 0. The van der Waals surface area contributed by atoms with E-state index in [1.807, 2.05) is 4.90 Å². The average Bonchev–Trinajstić information content (AvgIpc) is 2.72. The van der Waals surface area contributed by atoms with E-state index in [4.69, 9.17) is 10.2 Å². The molecule has 6 heteroatoms. The molecule has 0 spiro atoms. The van der Waals surface area contributed by atoms with E-state index in [0.29, 0.717) is 35.9 Å². The van der Waals surface area contributed by atoms with Gasteiger partial charge in [0, 0.05) is 18.8 Å². The highest BCUT2D eigenvalue weighted by atomic mass is 16.4. The largest absolute Gasteiger partial charge is 0.423 e. The molecule has 1 aliphatic heterocycles. The van der Waals surface area contributed by atoms with Crippen molar-refractivity contribution < 1.29 is 9.21 Å². The number of nitrogens with zero attached hydrogens (tertiary/aromatic N) is 2. The molecule has 1 aromatic heterocycles. The first-order valence-corrected chi connectivity index (χ1v) is 5.40. The van der Waals surface area contributed by atoms with Gasteiger partial charge in [0.2, 0.25) is 5.91 Å². The van der Waals surface area contributed by atoms with Crippen LogP contribution in [0, 0.1) is 0 Å². The number of anilines is 2. The fourth-order valence-electron chi connectivity index (χ4n) is 1.87. The zero-order valence-electron chi connectivity index (χ0n) is 9.14. The first kappa shape index (κ1) is 9.95. The van der Waals surface area contributed by atoms with Gasteiger partial charge in [0.1, 0.15) is 12.1 Å². The fraction of sp³-hybridized carbons (Fsp3) is 0.273. The van der Waals surface area contributed by atoms with E-state index in [1.165, 1.54) is 0 Å². The topological polar surface area (TPSA) is 84.4 Å². The fourth-order valence-corrected chi connectivity index (χ4v) is 1.87. The number of nitrogens with one attached hydrogen (secondary N) is 1. The van der Waals surface area contributed by atoms with Gasteiger partial charge in [-0.25, -0.2) is 0 Å². The van der Waals surface area contributed by atoms with Gasteiger partial charge in [0.05, 0.1) is 0 Å². The Balaban J connectivity index is 1.97. The number of carbonyl (C=O) groups is 1. The lowest BCUT2D eigenvalue weighted by atomic mass is 10.3.